The fourth-order valence-corrected chi connectivity index (χ4v) is 3.17. The molecule has 152 valence electrons. The molecule has 1 aliphatic heterocycles. The first-order valence-corrected chi connectivity index (χ1v) is 9.53. The predicted molar refractivity (Wildman–Crippen MR) is 107 cm³/mol. The first-order valence-electron chi connectivity index (χ1n) is 9.53. The lowest BCUT2D eigenvalue weighted by molar-refractivity contribution is -0.191. The second-order valence-electron chi connectivity index (χ2n) is 6.75. The normalized spacial score (nSPS) is 14.1. The van der Waals surface area contributed by atoms with E-state index >= 15 is 0 Å². The summed E-state index contributed by atoms with van der Waals surface area (Å²) in [6, 6.07) is 4.46. The molecule has 9 heteroatoms. The van der Waals surface area contributed by atoms with Crippen molar-refractivity contribution in [2.45, 2.75) is 39.2 Å². The van der Waals surface area contributed by atoms with Crippen molar-refractivity contribution < 1.29 is 9.59 Å². The molecule has 3 heterocycles. The molecule has 1 aliphatic rings. The molecule has 0 amide bonds. The molecule has 0 aromatic carbocycles. The number of nitrogens with one attached hydrogen (secondary N) is 2. The maximum Gasteiger partial charge on any atom is 0.373 e. The summed E-state index contributed by atoms with van der Waals surface area (Å²) in [6.45, 7) is 7.80. The predicted octanol–water partition coefficient (Wildman–Crippen LogP) is 2.50. The smallest absolute Gasteiger partial charge is 0.373 e. The molecular formula is C20H25N7O2. The van der Waals surface area contributed by atoms with Gasteiger partial charge in [-0.25, -0.2) is 15.0 Å². The van der Waals surface area contributed by atoms with Crippen molar-refractivity contribution in [3.05, 3.63) is 35.9 Å². The number of rotatable bonds is 6. The highest BCUT2D eigenvalue weighted by Gasteiger charge is 2.19. The van der Waals surface area contributed by atoms with Crippen molar-refractivity contribution >= 4 is 23.5 Å². The van der Waals surface area contributed by atoms with E-state index in [4.69, 9.17) is 14.9 Å². The van der Waals surface area contributed by atoms with Gasteiger partial charge in [0.05, 0.1) is 12.4 Å². The summed E-state index contributed by atoms with van der Waals surface area (Å²) in [5, 5.41) is 15.6. The summed E-state index contributed by atoms with van der Waals surface area (Å²) in [7, 11) is 0. The van der Waals surface area contributed by atoms with Gasteiger partial charge in [0.2, 0.25) is 0 Å². The average molecular weight is 395 g/mol. The first kappa shape index (κ1) is 22.0. The molecule has 0 unspecified atom stereocenters. The Kier molecular flexibility index (Phi) is 8.70. The monoisotopic (exact) mass is 395 g/mol. The van der Waals surface area contributed by atoms with Gasteiger partial charge in [-0.15, -0.1) is 0 Å². The van der Waals surface area contributed by atoms with Crippen molar-refractivity contribution in [3.8, 4) is 6.07 Å². The molecule has 0 aliphatic carbocycles. The minimum atomic E-state index is 0.250. The number of carbonyl (C=O) groups excluding carboxylic acids is 2. The van der Waals surface area contributed by atoms with E-state index in [-0.39, 0.29) is 6.15 Å². The van der Waals surface area contributed by atoms with Gasteiger partial charge in [0.25, 0.3) is 0 Å². The molecule has 3 rings (SSSR count). The summed E-state index contributed by atoms with van der Waals surface area (Å²) in [5.41, 5.74) is 2.51. The van der Waals surface area contributed by atoms with E-state index in [0.29, 0.717) is 23.4 Å². The van der Waals surface area contributed by atoms with E-state index in [0.717, 1.165) is 37.2 Å². The van der Waals surface area contributed by atoms with Gasteiger partial charge in [0, 0.05) is 37.1 Å². The second kappa shape index (κ2) is 11.5. The minimum absolute atomic E-state index is 0.250. The zero-order chi connectivity index (χ0) is 21.1. The Morgan fingerprint density at radius 3 is 2.41 bits per heavy atom. The molecule has 29 heavy (non-hydrogen) atoms. The minimum Gasteiger partial charge on any atom is -0.382 e. The lowest BCUT2D eigenvalue weighted by Crippen LogP contribution is -2.39. The molecule has 0 radical (unpaired) electrons. The maximum absolute atomic E-state index is 8.79. The Balaban J connectivity index is 0.000000941. The van der Waals surface area contributed by atoms with Gasteiger partial charge < -0.3 is 15.5 Å². The third kappa shape index (κ3) is 6.96. The highest BCUT2D eigenvalue weighted by molar-refractivity contribution is 5.61. The van der Waals surface area contributed by atoms with Crippen molar-refractivity contribution in [2.24, 2.45) is 0 Å². The van der Waals surface area contributed by atoms with Gasteiger partial charge in [-0.05, 0) is 38.3 Å². The summed E-state index contributed by atoms with van der Waals surface area (Å²) in [6.07, 6.45) is 8.62. The van der Waals surface area contributed by atoms with E-state index in [9.17, 15) is 0 Å². The third-order valence-electron chi connectivity index (χ3n) is 4.61. The van der Waals surface area contributed by atoms with Crippen LogP contribution in [0, 0.1) is 18.3 Å². The second-order valence-corrected chi connectivity index (χ2v) is 6.75. The molecule has 9 nitrogen and oxygen atoms in total. The van der Waals surface area contributed by atoms with Gasteiger partial charge in [0.15, 0.2) is 5.69 Å². The molecule has 2 aromatic heterocycles. The molecule has 0 bridgehead atoms. The van der Waals surface area contributed by atoms with Crippen LogP contribution in [0.1, 0.15) is 37.4 Å². The molecule has 1 saturated heterocycles. The average Bonchev–Trinajstić information content (AvgIpc) is 2.73. The van der Waals surface area contributed by atoms with Crippen LogP contribution >= 0.6 is 0 Å². The number of nitriles is 1. The number of hydrogen-bond donors (Lipinski definition) is 2. The lowest BCUT2D eigenvalue weighted by atomic mass is 10.0. The van der Waals surface area contributed by atoms with Crippen molar-refractivity contribution in [2.75, 3.05) is 30.3 Å². The Hall–Kier alpha value is -3.34. The maximum atomic E-state index is 8.79. The van der Waals surface area contributed by atoms with Crippen LogP contribution in [0.3, 0.4) is 0 Å². The number of likely N-dealkylation sites (tertiary alicyclic amines) is 1. The van der Waals surface area contributed by atoms with E-state index < -0.39 is 0 Å². The van der Waals surface area contributed by atoms with Gasteiger partial charge in [-0.2, -0.15) is 14.9 Å². The van der Waals surface area contributed by atoms with Crippen LogP contribution in [0.4, 0.5) is 17.3 Å². The van der Waals surface area contributed by atoms with Crippen LogP contribution in [-0.2, 0) is 9.59 Å². The van der Waals surface area contributed by atoms with Crippen molar-refractivity contribution in [1.29, 1.82) is 5.26 Å². The number of aryl methyl sites for hydroxylation is 1. The van der Waals surface area contributed by atoms with Crippen LogP contribution < -0.4 is 10.6 Å². The van der Waals surface area contributed by atoms with Crippen LogP contribution in [0.2, 0.25) is 0 Å². The largest absolute Gasteiger partial charge is 0.382 e. The summed E-state index contributed by atoms with van der Waals surface area (Å²) in [4.78, 5) is 31.4. The van der Waals surface area contributed by atoms with Crippen molar-refractivity contribution in [1.82, 2.24) is 19.9 Å². The number of pyridine rings is 1. The number of nitrogens with zero attached hydrogens (tertiary/aromatic N) is 5. The Morgan fingerprint density at radius 1 is 1.14 bits per heavy atom. The molecule has 0 saturated carbocycles. The van der Waals surface area contributed by atoms with Crippen LogP contribution in [0.5, 0.6) is 0 Å². The van der Waals surface area contributed by atoms with Crippen molar-refractivity contribution in [3.63, 3.8) is 0 Å². The van der Waals surface area contributed by atoms with E-state index in [1.165, 1.54) is 25.4 Å². The van der Waals surface area contributed by atoms with Crippen LogP contribution in [0.25, 0.3) is 0 Å². The van der Waals surface area contributed by atoms with Gasteiger partial charge in [-0.3, -0.25) is 0 Å². The first-order chi connectivity index (χ1) is 14.1. The fourth-order valence-electron chi connectivity index (χ4n) is 3.17. The SMILES string of the molecule is CCCN1CCC(Nc2cc(Nc3cnc(C#N)cn3)ncc2C)CC1.O=C=O. The Labute approximate surface area is 170 Å². The number of piperidine rings is 1. The molecule has 1 fully saturated rings. The van der Waals surface area contributed by atoms with Crippen LogP contribution in [0.15, 0.2) is 24.7 Å². The summed E-state index contributed by atoms with van der Waals surface area (Å²) < 4.78 is 0. The number of anilines is 3. The van der Waals surface area contributed by atoms with Gasteiger partial charge >= 0.3 is 6.15 Å². The number of hydrogen-bond acceptors (Lipinski definition) is 9. The lowest BCUT2D eigenvalue weighted by Gasteiger charge is -2.33. The standard InChI is InChI=1S/C19H25N7.CO2/c1-3-6-26-7-4-15(5-8-26)24-17-9-18(22-11-14(17)2)25-19-13-21-16(10-20)12-23-19;2-1-3/h9,11-13,15H,3-8H2,1-2H3,(H2,22,23,24,25);. The summed E-state index contributed by atoms with van der Waals surface area (Å²) in [5.74, 6) is 1.28. The zero-order valence-corrected chi connectivity index (χ0v) is 16.7. The fraction of sp³-hybridized carbons (Fsp3) is 0.450. The molecule has 2 aromatic rings. The van der Waals surface area contributed by atoms with E-state index in [2.05, 4.69) is 44.3 Å². The van der Waals surface area contributed by atoms with E-state index in [1.54, 1.807) is 0 Å². The van der Waals surface area contributed by atoms with Crippen LogP contribution in [-0.4, -0.2) is 51.7 Å². The highest BCUT2D eigenvalue weighted by Crippen LogP contribution is 2.23. The van der Waals surface area contributed by atoms with Gasteiger partial charge in [-0.1, -0.05) is 6.92 Å². The Morgan fingerprint density at radius 2 is 1.83 bits per heavy atom. The number of aromatic nitrogens is 3. The zero-order valence-electron chi connectivity index (χ0n) is 16.7. The molecule has 0 spiro atoms. The van der Waals surface area contributed by atoms with E-state index in [1.807, 2.05) is 18.3 Å². The third-order valence-corrected chi connectivity index (χ3v) is 4.61. The molecular weight excluding hydrogens is 370 g/mol. The van der Waals surface area contributed by atoms with Gasteiger partial charge in [0.1, 0.15) is 17.7 Å². The Bertz CT molecular complexity index is 850. The topological polar surface area (TPSA) is 124 Å². The highest BCUT2D eigenvalue weighted by atomic mass is 16.2. The quantitative estimate of drug-likeness (QED) is 0.759. The summed E-state index contributed by atoms with van der Waals surface area (Å²) >= 11 is 0. The molecule has 0 atom stereocenters. The molecule has 2 N–H and O–H groups in total.